The Balaban J connectivity index is 2.23. The van der Waals surface area contributed by atoms with E-state index in [9.17, 15) is 13.5 Å². The number of benzene rings is 1. The smallest absolute Gasteiger partial charge is 0.301 e. The van der Waals surface area contributed by atoms with E-state index in [1.807, 2.05) is 0 Å². The number of phenolic OH excluding ortho intramolecular Hbond substituents is 1. The Morgan fingerprint density at radius 3 is 2.53 bits per heavy atom. The van der Waals surface area contributed by atoms with Gasteiger partial charge >= 0.3 is 10.2 Å². The van der Waals surface area contributed by atoms with Crippen LogP contribution in [-0.4, -0.2) is 44.0 Å². The van der Waals surface area contributed by atoms with Crippen LogP contribution in [0.4, 0.5) is 5.69 Å². The lowest BCUT2D eigenvalue weighted by atomic mass is 10.1. The molecular formula is C12H19N3O3S. The topological polar surface area (TPSA) is 81.7 Å². The average molecular weight is 285 g/mol. The van der Waals surface area contributed by atoms with Crippen LogP contribution in [0.3, 0.4) is 0 Å². The van der Waals surface area contributed by atoms with Crippen LogP contribution >= 0.6 is 0 Å². The van der Waals surface area contributed by atoms with Crippen LogP contribution < -0.4 is 10.0 Å². The van der Waals surface area contributed by atoms with E-state index in [0.717, 1.165) is 5.56 Å². The van der Waals surface area contributed by atoms with Crippen LogP contribution in [-0.2, 0) is 10.2 Å². The first-order valence-electron chi connectivity index (χ1n) is 6.19. The van der Waals surface area contributed by atoms with E-state index < -0.39 is 10.2 Å². The number of nitrogens with one attached hydrogen (secondary N) is 2. The van der Waals surface area contributed by atoms with Gasteiger partial charge in [0.05, 0.1) is 5.69 Å². The fourth-order valence-electron chi connectivity index (χ4n) is 2.03. The molecule has 6 nitrogen and oxygen atoms in total. The lowest BCUT2D eigenvalue weighted by molar-refractivity contribution is 0.362. The summed E-state index contributed by atoms with van der Waals surface area (Å²) in [7, 11) is -3.56. The summed E-state index contributed by atoms with van der Waals surface area (Å²) in [5.74, 6) is 0.125. The van der Waals surface area contributed by atoms with Crippen LogP contribution in [0.5, 0.6) is 5.75 Å². The maximum atomic E-state index is 12.2. The molecule has 0 aliphatic carbocycles. The number of rotatable bonds is 3. The molecule has 0 spiro atoms. The first-order valence-corrected chi connectivity index (χ1v) is 7.63. The molecule has 1 aromatic carbocycles. The van der Waals surface area contributed by atoms with Crippen LogP contribution in [0.15, 0.2) is 12.1 Å². The maximum Gasteiger partial charge on any atom is 0.301 e. The van der Waals surface area contributed by atoms with Gasteiger partial charge in [-0.25, -0.2) is 0 Å². The summed E-state index contributed by atoms with van der Waals surface area (Å²) >= 11 is 0. The minimum atomic E-state index is -3.56. The zero-order valence-corrected chi connectivity index (χ0v) is 11.9. The molecule has 2 rings (SSSR count). The quantitative estimate of drug-likeness (QED) is 0.758. The number of hydrogen-bond acceptors (Lipinski definition) is 4. The molecule has 1 heterocycles. The van der Waals surface area contributed by atoms with Gasteiger partial charge in [-0.3, -0.25) is 4.72 Å². The van der Waals surface area contributed by atoms with Crippen molar-refractivity contribution in [2.45, 2.75) is 13.8 Å². The standard InChI is InChI=1S/C12H19N3O3S/c1-9-3-4-11(10(2)12(9)16)14-19(17,18)15-7-5-13-6-8-15/h3-4,13-14,16H,5-8H2,1-2H3. The maximum absolute atomic E-state index is 12.2. The SMILES string of the molecule is Cc1ccc(NS(=O)(=O)N2CCNCC2)c(C)c1O. The van der Waals surface area contributed by atoms with E-state index in [1.54, 1.807) is 26.0 Å². The highest BCUT2D eigenvalue weighted by Crippen LogP contribution is 2.29. The van der Waals surface area contributed by atoms with Crippen LogP contribution in [0.25, 0.3) is 0 Å². The van der Waals surface area contributed by atoms with E-state index in [0.29, 0.717) is 37.4 Å². The van der Waals surface area contributed by atoms with Gasteiger partial charge in [0.1, 0.15) is 5.75 Å². The molecule has 106 valence electrons. The van der Waals surface area contributed by atoms with Gasteiger partial charge in [0, 0.05) is 31.7 Å². The van der Waals surface area contributed by atoms with Crippen molar-refractivity contribution in [3.05, 3.63) is 23.3 Å². The summed E-state index contributed by atoms with van der Waals surface area (Å²) < 4.78 is 28.4. The summed E-state index contributed by atoms with van der Waals surface area (Å²) in [6.45, 7) is 5.67. The van der Waals surface area contributed by atoms with Crippen LogP contribution in [0, 0.1) is 13.8 Å². The molecule has 1 aliphatic heterocycles. The molecule has 0 amide bonds. The molecule has 1 aromatic rings. The summed E-state index contributed by atoms with van der Waals surface area (Å²) in [5, 5.41) is 12.9. The molecule has 7 heteroatoms. The van der Waals surface area contributed by atoms with Gasteiger partial charge in [-0.15, -0.1) is 0 Å². The molecule has 19 heavy (non-hydrogen) atoms. The molecular weight excluding hydrogens is 266 g/mol. The van der Waals surface area contributed by atoms with Gasteiger partial charge in [0.2, 0.25) is 0 Å². The highest BCUT2D eigenvalue weighted by molar-refractivity contribution is 7.90. The number of anilines is 1. The Bertz CT molecular complexity index is 566. The predicted molar refractivity (Wildman–Crippen MR) is 74.6 cm³/mol. The predicted octanol–water partition coefficient (Wildman–Crippen LogP) is 0.571. The van der Waals surface area contributed by atoms with Crippen molar-refractivity contribution >= 4 is 15.9 Å². The van der Waals surface area contributed by atoms with Gasteiger partial charge in [-0.05, 0) is 25.5 Å². The molecule has 0 unspecified atom stereocenters. The van der Waals surface area contributed by atoms with Gasteiger partial charge in [-0.1, -0.05) is 6.07 Å². The zero-order chi connectivity index (χ0) is 14.0. The van der Waals surface area contributed by atoms with Crippen molar-refractivity contribution in [2.75, 3.05) is 30.9 Å². The van der Waals surface area contributed by atoms with Gasteiger partial charge < -0.3 is 10.4 Å². The molecule has 0 aromatic heterocycles. The van der Waals surface area contributed by atoms with Crippen molar-refractivity contribution in [3.63, 3.8) is 0 Å². The fraction of sp³-hybridized carbons (Fsp3) is 0.500. The third-order valence-corrected chi connectivity index (χ3v) is 4.81. The van der Waals surface area contributed by atoms with Crippen LogP contribution in [0.1, 0.15) is 11.1 Å². The van der Waals surface area contributed by atoms with Crippen molar-refractivity contribution in [2.24, 2.45) is 0 Å². The summed E-state index contributed by atoms with van der Waals surface area (Å²) in [6, 6.07) is 3.36. The summed E-state index contributed by atoms with van der Waals surface area (Å²) in [5.41, 5.74) is 1.68. The van der Waals surface area contributed by atoms with E-state index in [-0.39, 0.29) is 5.75 Å². The number of piperazine rings is 1. The van der Waals surface area contributed by atoms with Crippen molar-refractivity contribution in [1.29, 1.82) is 0 Å². The second-order valence-corrected chi connectivity index (χ2v) is 6.33. The van der Waals surface area contributed by atoms with E-state index in [2.05, 4.69) is 10.0 Å². The van der Waals surface area contributed by atoms with Crippen molar-refractivity contribution in [1.82, 2.24) is 9.62 Å². The monoisotopic (exact) mass is 285 g/mol. The lowest BCUT2D eigenvalue weighted by Gasteiger charge is -2.27. The Morgan fingerprint density at radius 1 is 1.26 bits per heavy atom. The molecule has 3 N–H and O–H groups in total. The number of nitrogens with zero attached hydrogens (tertiary/aromatic N) is 1. The summed E-state index contributed by atoms with van der Waals surface area (Å²) in [4.78, 5) is 0. The van der Waals surface area contributed by atoms with Gasteiger partial charge in [0.25, 0.3) is 0 Å². The molecule has 0 radical (unpaired) electrons. The average Bonchev–Trinajstić information content (AvgIpc) is 2.40. The lowest BCUT2D eigenvalue weighted by Crippen LogP contribution is -2.48. The van der Waals surface area contributed by atoms with Crippen LogP contribution in [0.2, 0.25) is 0 Å². The Kier molecular flexibility index (Phi) is 3.98. The molecule has 1 saturated heterocycles. The number of hydrogen-bond donors (Lipinski definition) is 3. The Hall–Kier alpha value is -1.31. The van der Waals surface area contributed by atoms with E-state index in [4.69, 9.17) is 0 Å². The summed E-state index contributed by atoms with van der Waals surface area (Å²) in [6.07, 6.45) is 0. The van der Waals surface area contributed by atoms with Gasteiger partial charge in [0.15, 0.2) is 0 Å². The number of aryl methyl sites for hydroxylation is 1. The normalized spacial score (nSPS) is 17.4. The van der Waals surface area contributed by atoms with Crippen molar-refractivity contribution in [3.8, 4) is 5.75 Å². The molecule has 0 saturated carbocycles. The first kappa shape index (κ1) is 14.1. The van der Waals surface area contributed by atoms with E-state index >= 15 is 0 Å². The minimum Gasteiger partial charge on any atom is -0.507 e. The highest BCUT2D eigenvalue weighted by Gasteiger charge is 2.24. The minimum absolute atomic E-state index is 0.125. The second-order valence-electron chi connectivity index (χ2n) is 4.66. The zero-order valence-electron chi connectivity index (χ0n) is 11.1. The Labute approximate surface area is 113 Å². The first-order chi connectivity index (χ1) is 8.92. The van der Waals surface area contributed by atoms with E-state index in [1.165, 1.54) is 4.31 Å². The number of phenols is 1. The van der Waals surface area contributed by atoms with Crippen molar-refractivity contribution < 1.29 is 13.5 Å². The largest absolute Gasteiger partial charge is 0.507 e. The molecule has 1 fully saturated rings. The second kappa shape index (κ2) is 5.36. The number of aromatic hydroxyl groups is 1. The molecule has 0 bridgehead atoms. The van der Waals surface area contributed by atoms with Gasteiger partial charge in [-0.2, -0.15) is 12.7 Å². The molecule has 0 atom stereocenters. The highest BCUT2D eigenvalue weighted by atomic mass is 32.2. The third kappa shape index (κ3) is 2.99. The fourth-order valence-corrected chi connectivity index (χ4v) is 3.33. The third-order valence-electron chi connectivity index (χ3n) is 3.29. The molecule has 1 aliphatic rings. The Morgan fingerprint density at radius 2 is 1.89 bits per heavy atom.